The predicted molar refractivity (Wildman–Crippen MR) is 83.1 cm³/mol. The lowest BCUT2D eigenvalue weighted by Gasteiger charge is -2.09. The third-order valence-corrected chi connectivity index (χ3v) is 4.42. The largest absolute Gasteiger partial charge is 0.388 e. The molecule has 0 aliphatic carbocycles. The van der Waals surface area contributed by atoms with Crippen LogP contribution in [-0.4, -0.2) is 23.5 Å². The maximum Gasteiger partial charge on any atom is 0.309 e. The Bertz CT molecular complexity index is 567. The minimum Gasteiger partial charge on any atom is -0.388 e. The van der Waals surface area contributed by atoms with Gasteiger partial charge in [0.1, 0.15) is 0 Å². The molecule has 0 bridgehead atoms. The highest BCUT2D eigenvalue weighted by atomic mass is 32.1. The molecule has 2 amide bonds. The second-order valence-corrected chi connectivity index (χ2v) is 6.19. The Morgan fingerprint density at radius 1 is 1.19 bits per heavy atom. The van der Waals surface area contributed by atoms with Crippen LogP contribution >= 0.6 is 22.7 Å². The van der Waals surface area contributed by atoms with E-state index >= 15 is 0 Å². The Balaban J connectivity index is 1.65. The van der Waals surface area contributed by atoms with Gasteiger partial charge in [-0.3, -0.25) is 9.59 Å². The quantitative estimate of drug-likeness (QED) is 0.707. The molecule has 112 valence electrons. The van der Waals surface area contributed by atoms with Gasteiger partial charge in [0.25, 0.3) is 0 Å². The van der Waals surface area contributed by atoms with E-state index in [1.165, 1.54) is 22.7 Å². The van der Waals surface area contributed by atoms with Crippen LogP contribution in [-0.2, 0) is 16.1 Å². The van der Waals surface area contributed by atoms with Gasteiger partial charge >= 0.3 is 11.8 Å². The first kappa shape index (κ1) is 15.7. The van der Waals surface area contributed by atoms with Gasteiger partial charge in [-0.2, -0.15) is 11.3 Å². The minimum atomic E-state index is -0.677. The Morgan fingerprint density at radius 2 is 2.00 bits per heavy atom. The second-order valence-electron chi connectivity index (χ2n) is 4.38. The Kier molecular flexibility index (Phi) is 5.91. The maximum absolute atomic E-state index is 11.6. The lowest BCUT2D eigenvalue weighted by atomic mass is 10.1. The van der Waals surface area contributed by atoms with Gasteiger partial charge in [0, 0.05) is 11.4 Å². The van der Waals surface area contributed by atoms with Gasteiger partial charge in [-0.1, -0.05) is 6.07 Å². The molecule has 5 nitrogen and oxygen atoms in total. The molecule has 0 aliphatic heterocycles. The molecule has 2 aromatic heterocycles. The highest BCUT2D eigenvalue weighted by Crippen LogP contribution is 2.18. The lowest BCUT2D eigenvalue weighted by Crippen LogP contribution is -2.40. The summed E-state index contributed by atoms with van der Waals surface area (Å²) in [6.07, 6.45) is -0.244. The molecular weight excluding hydrogens is 308 g/mol. The number of carbonyl (C=O) groups is 2. The number of aliphatic hydroxyl groups is 1. The van der Waals surface area contributed by atoms with Crippen molar-refractivity contribution in [1.29, 1.82) is 0 Å². The molecule has 3 N–H and O–H groups in total. The fraction of sp³-hybridized carbons (Fsp3) is 0.286. The summed E-state index contributed by atoms with van der Waals surface area (Å²) in [4.78, 5) is 24.1. The minimum absolute atomic E-state index is 0.252. The van der Waals surface area contributed by atoms with Gasteiger partial charge in [-0.05, 0) is 40.3 Å². The third kappa shape index (κ3) is 4.96. The SMILES string of the molecule is O=C(NCCC(O)c1ccsc1)C(=O)NCc1cccs1. The fourth-order valence-corrected chi connectivity index (χ4v) is 3.05. The van der Waals surface area contributed by atoms with Crippen molar-refractivity contribution < 1.29 is 14.7 Å². The van der Waals surface area contributed by atoms with E-state index in [0.717, 1.165) is 10.4 Å². The van der Waals surface area contributed by atoms with Crippen LogP contribution in [0, 0.1) is 0 Å². The van der Waals surface area contributed by atoms with Crippen molar-refractivity contribution in [3.8, 4) is 0 Å². The summed E-state index contributed by atoms with van der Waals surface area (Å²) in [5, 5.41) is 20.6. The molecule has 1 unspecified atom stereocenters. The zero-order valence-corrected chi connectivity index (χ0v) is 12.9. The number of thiophene rings is 2. The van der Waals surface area contributed by atoms with E-state index in [1.54, 1.807) is 0 Å². The van der Waals surface area contributed by atoms with Crippen molar-refractivity contribution in [3.63, 3.8) is 0 Å². The van der Waals surface area contributed by atoms with Crippen molar-refractivity contribution >= 4 is 34.5 Å². The van der Waals surface area contributed by atoms with Crippen molar-refractivity contribution in [2.45, 2.75) is 19.1 Å². The predicted octanol–water partition coefficient (Wildman–Crippen LogP) is 1.67. The zero-order chi connectivity index (χ0) is 15.1. The van der Waals surface area contributed by atoms with E-state index in [9.17, 15) is 14.7 Å². The molecule has 7 heteroatoms. The first-order chi connectivity index (χ1) is 10.2. The molecule has 0 saturated carbocycles. The standard InChI is InChI=1S/C14H16N2O3S2/c17-12(10-4-7-20-9-10)3-5-15-13(18)14(19)16-8-11-2-1-6-21-11/h1-2,4,6-7,9,12,17H,3,5,8H2,(H,15,18)(H,16,19). The Labute approximate surface area is 130 Å². The monoisotopic (exact) mass is 324 g/mol. The highest BCUT2D eigenvalue weighted by molar-refractivity contribution is 7.09. The fourth-order valence-electron chi connectivity index (χ4n) is 1.69. The lowest BCUT2D eigenvalue weighted by molar-refractivity contribution is -0.139. The Hall–Kier alpha value is -1.70. The van der Waals surface area contributed by atoms with Crippen molar-refractivity contribution in [2.75, 3.05) is 6.54 Å². The van der Waals surface area contributed by atoms with Crippen LogP contribution in [0.5, 0.6) is 0 Å². The molecule has 21 heavy (non-hydrogen) atoms. The molecule has 1 atom stereocenters. The van der Waals surface area contributed by atoms with Crippen molar-refractivity contribution in [1.82, 2.24) is 10.6 Å². The topological polar surface area (TPSA) is 78.4 Å². The average Bonchev–Trinajstić information content (AvgIpc) is 3.17. The first-order valence-corrected chi connectivity index (χ1v) is 8.27. The summed E-state index contributed by atoms with van der Waals surface area (Å²) in [7, 11) is 0. The maximum atomic E-state index is 11.6. The normalized spacial score (nSPS) is 11.9. The second kappa shape index (κ2) is 7.92. The Morgan fingerprint density at radius 3 is 2.67 bits per heavy atom. The van der Waals surface area contributed by atoms with Gasteiger partial charge in [0.05, 0.1) is 12.6 Å². The molecule has 0 aliphatic rings. The summed E-state index contributed by atoms with van der Waals surface area (Å²) >= 11 is 3.03. The molecule has 2 rings (SSSR count). The number of hydrogen-bond donors (Lipinski definition) is 3. The van der Waals surface area contributed by atoms with Crippen LogP contribution in [0.15, 0.2) is 34.3 Å². The number of amides is 2. The smallest absolute Gasteiger partial charge is 0.309 e. The summed E-state index contributed by atoms with van der Waals surface area (Å²) in [6.45, 7) is 0.601. The molecule has 2 aromatic rings. The van der Waals surface area contributed by atoms with Gasteiger partial charge in [0.15, 0.2) is 0 Å². The first-order valence-electron chi connectivity index (χ1n) is 6.45. The molecule has 0 radical (unpaired) electrons. The molecule has 0 aromatic carbocycles. The number of carbonyl (C=O) groups excluding carboxylic acids is 2. The van der Waals surface area contributed by atoms with E-state index < -0.39 is 17.9 Å². The number of aliphatic hydroxyl groups excluding tert-OH is 1. The van der Waals surface area contributed by atoms with E-state index in [-0.39, 0.29) is 6.54 Å². The molecule has 0 saturated heterocycles. The summed E-state index contributed by atoms with van der Waals surface area (Å²) in [5.74, 6) is -1.34. The van der Waals surface area contributed by atoms with E-state index in [4.69, 9.17) is 0 Å². The molecular formula is C14H16N2O3S2. The third-order valence-electron chi connectivity index (χ3n) is 2.84. The van der Waals surface area contributed by atoms with E-state index in [2.05, 4.69) is 10.6 Å². The van der Waals surface area contributed by atoms with Gasteiger partial charge in [-0.25, -0.2) is 0 Å². The van der Waals surface area contributed by atoms with Crippen molar-refractivity contribution in [2.24, 2.45) is 0 Å². The summed E-state index contributed by atoms with van der Waals surface area (Å²) in [6, 6.07) is 5.61. The van der Waals surface area contributed by atoms with Crippen molar-refractivity contribution in [3.05, 3.63) is 44.8 Å². The van der Waals surface area contributed by atoms with Crippen LogP contribution in [0.4, 0.5) is 0 Å². The van der Waals surface area contributed by atoms with Crippen LogP contribution < -0.4 is 10.6 Å². The van der Waals surface area contributed by atoms with Crippen LogP contribution in [0.1, 0.15) is 23.0 Å². The molecule has 2 heterocycles. The molecule has 0 spiro atoms. The van der Waals surface area contributed by atoms with Crippen LogP contribution in [0.3, 0.4) is 0 Å². The zero-order valence-electron chi connectivity index (χ0n) is 11.2. The molecule has 0 fully saturated rings. The summed E-state index contributed by atoms with van der Waals surface area (Å²) in [5.41, 5.74) is 0.830. The van der Waals surface area contributed by atoms with Crippen LogP contribution in [0.25, 0.3) is 0 Å². The van der Waals surface area contributed by atoms with Gasteiger partial charge in [0.2, 0.25) is 0 Å². The number of hydrogen-bond acceptors (Lipinski definition) is 5. The van der Waals surface area contributed by atoms with Gasteiger partial charge < -0.3 is 15.7 Å². The average molecular weight is 324 g/mol. The van der Waals surface area contributed by atoms with E-state index in [1.807, 2.05) is 34.3 Å². The van der Waals surface area contributed by atoms with Gasteiger partial charge in [-0.15, -0.1) is 11.3 Å². The highest BCUT2D eigenvalue weighted by Gasteiger charge is 2.14. The number of rotatable bonds is 6. The van der Waals surface area contributed by atoms with Crippen LogP contribution in [0.2, 0.25) is 0 Å². The number of nitrogens with one attached hydrogen (secondary N) is 2. The van der Waals surface area contributed by atoms with E-state index in [0.29, 0.717) is 13.0 Å². The summed E-state index contributed by atoms with van der Waals surface area (Å²) < 4.78 is 0.